The normalized spacial score (nSPS) is 11.5. The monoisotopic (exact) mass is 423 g/mol. The minimum absolute atomic E-state index is 0.0936. The molecule has 2 heterocycles. The van der Waals surface area contributed by atoms with Crippen LogP contribution in [0.3, 0.4) is 0 Å². The molecule has 0 fully saturated rings. The van der Waals surface area contributed by atoms with Gasteiger partial charge in [-0.05, 0) is 30.5 Å². The Bertz CT molecular complexity index is 1000. The number of thioether (sulfide) groups is 1. The van der Waals surface area contributed by atoms with Gasteiger partial charge < -0.3 is 11.2 Å². The van der Waals surface area contributed by atoms with E-state index in [4.69, 9.17) is 5.84 Å². The van der Waals surface area contributed by atoms with Crippen LogP contribution in [0.1, 0.15) is 11.8 Å². The van der Waals surface area contributed by atoms with Crippen molar-refractivity contribution in [2.45, 2.75) is 12.1 Å². The number of nitrogen functional groups attached to an aromatic ring is 1. The van der Waals surface area contributed by atoms with Gasteiger partial charge in [0.2, 0.25) is 11.1 Å². The molecule has 0 atom stereocenters. The topological polar surface area (TPSA) is 110 Å². The molecule has 0 aliphatic heterocycles. The van der Waals surface area contributed by atoms with E-state index in [1.165, 1.54) is 0 Å². The van der Waals surface area contributed by atoms with Crippen LogP contribution in [0, 0.1) is 11.6 Å². The minimum Gasteiger partial charge on any atom is -0.334 e. The van der Waals surface area contributed by atoms with E-state index in [1.54, 1.807) is 11.3 Å². The van der Waals surface area contributed by atoms with E-state index >= 15 is 0 Å². The fourth-order valence-electron chi connectivity index (χ4n) is 2.03. The largest absolute Gasteiger partial charge is 0.334 e. The summed E-state index contributed by atoms with van der Waals surface area (Å²) >= 11 is 2.55. The summed E-state index contributed by atoms with van der Waals surface area (Å²) < 4.78 is 27.6. The second-order valence-electron chi connectivity index (χ2n) is 5.42. The highest BCUT2D eigenvalue weighted by Crippen LogP contribution is 2.19. The molecular weight excluding hydrogens is 408 g/mol. The van der Waals surface area contributed by atoms with Gasteiger partial charge in [-0.15, -0.1) is 21.5 Å². The van der Waals surface area contributed by atoms with Gasteiger partial charge in [-0.1, -0.05) is 17.8 Å². The minimum atomic E-state index is -0.856. The molecule has 3 aromatic rings. The van der Waals surface area contributed by atoms with Crippen molar-refractivity contribution >= 4 is 46.4 Å². The standard InChI is InChI=1S/C16H15F2N7OS2/c1-9(13-3-2-6-27-13)21-22-15-23-24-16(25(15)19)28-8-14(26)20-12-5-4-10(17)7-11(12)18/h2-7H,8,19H2,1H3,(H,20,26)(H,22,23)/b21-9+. The molecule has 146 valence electrons. The number of carbonyl (C=O) groups is 1. The quantitative estimate of drug-likeness (QED) is 0.233. The second kappa shape index (κ2) is 8.80. The molecule has 8 nitrogen and oxygen atoms in total. The Morgan fingerprint density at radius 3 is 2.89 bits per heavy atom. The van der Waals surface area contributed by atoms with E-state index in [-0.39, 0.29) is 22.5 Å². The predicted molar refractivity (Wildman–Crippen MR) is 106 cm³/mol. The molecule has 1 aromatic carbocycles. The van der Waals surface area contributed by atoms with Crippen LogP contribution in [0.25, 0.3) is 0 Å². The fraction of sp³-hybridized carbons (Fsp3) is 0.125. The number of nitrogens with one attached hydrogen (secondary N) is 2. The summed E-state index contributed by atoms with van der Waals surface area (Å²) in [6.45, 7) is 1.84. The molecule has 28 heavy (non-hydrogen) atoms. The van der Waals surface area contributed by atoms with Crippen LogP contribution >= 0.6 is 23.1 Å². The van der Waals surface area contributed by atoms with Gasteiger partial charge in [-0.2, -0.15) is 5.10 Å². The van der Waals surface area contributed by atoms with Crippen LogP contribution in [0.4, 0.5) is 20.4 Å². The van der Waals surface area contributed by atoms with Crippen molar-refractivity contribution in [3.8, 4) is 0 Å². The van der Waals surface area contributed by atoms with Crippen molar-refractivity contribution in [3.05, 3.63) is 52.2 Å². The van der Waals surface area contributed by atoms with Crippen molar-refractivity contribution in [1.29, 1.82) is 0 Å². The summed E-state index contributed by atoms with van der Waals surface area (Å²) in [6, 6.07) is 6.74. The number of hydrogen-bond donors (Lipinski definition) is 3. The zero-order valence-corrected chi connectivity index (χ0v) is 16.2. The van der Waals surface area contributed by atoms with Crippen molar-refractivity contribution in [1.82, 2.24) is 14.9 Å². The number of nitrogens with zero attached hydrogens (tertiary/aromatic N) is 4. The lowest BCUT2D eigenvalue weighted by atomic mass is 10.3. The van der Waals surface area contributed by atoms with Crippen LogP contribution in [0.2, 0.25) is 0 Å². The van der Waals surface area contributed by atoms with E-state index in [0.29, 0.717) is 6.07 Å². The summed E-state index contributed by atoms with van der Waals surface area (Å²) in [6.07, 6.45) is 0. The summed E-state index contributed by atoms with van der Waals surface area (Å²) in [5.74, 6) is 3.92. The van der Waals surface area contributed by atoms with Crippen molar-refractivity contribution < 1.29 is 13.6 Å². The predicted octanol–water partition coefficient (Wildman–Crippen LogP) is 2.90. The number of carbonyl (C=O) groups excluding carboxylic acids is 1. The fourth-order valence-corrected chi connectivity index (χ4v) is 3.37. The number of benzene rings is 1. The first-order valence-corrected chi connectivity index (χ1v) is 9.73. The lowest BCUT2D eigenvalue weighted by Gasteiger charge is -2.06. The van der Waals surface area contributed by atoms with Crippen LogP contribution in [0.15, 0.2) is 46.0 Å². The van der Waals surface area contributed by atoms with Gasteiger partial charge in [-0.25, -0.2) is 18.9 Å². The molecule has 0 radical (unpaired) electrons. The average Bonchev–Trinajstić information content (AvgIpc) is 3.31. The van der Waals surface area contributed by atoms with Gasteiger partial charge in [0.25, 0.3) is 5.95 Å². The smallest absolute Gasteiger partial charge is 0.264 e. The third kappa shape index (κ3) is 4.84. The number of rotatable bonds is 7. The van der Waals surface area contributed by atoms with Gasteiger partial charge in [-0.3, -0.25) is 4.79 Å². The first-order chi connectivity index (χ1) is 13.4. The van der Waals surface area contributed by atoms with Crippen LogP contribution in [-0.2, 0) is 4.79 Å². The molecule has 0 aliphatic carbocycles. The van der Waals surface area contributed by atoms with Gasteiger partial charge in [0.05, 0.1) is 17.2 Å². The number of halogens is 2. The number of nitrogens with two attached hydrogens (primary N) is 1. The Hall–Kier alpha value is -2.99. The van der Waals surface area contributed by atoms with E-state index in [0.717, 1.165) is 39.2 Å². The van der Waals surface area contributed by atoms with E-state index in [9.17, 15) is 13.6 Å². The van der Waals surface area contributed by atoms with Gasteiger partial charge in [0.1, 0.15) is 11.6 Å². The maximum atomic E-state index is 13.6. The van der Waals surface area contributed by atoms with Gasteiger partial charge in [0, 0.05) is 10.9 Å². The first kappa shape index (κ1) is 19.8. The first-order valence-electron chi connectivity index (χ1n) is 7.86. The maximum absolute atomic E-state index is 13.6. The zero-order chi connectivity index (χ0) is 20.1. The summed E-state index contributed by atoms with van der Waals surface area (Å²) in [4.78, 5) is 13.0. The third-order valence-electron chi connectivity index (χ3n) is 3.40. The van der Waals surface area contributed by atoms with E-state index < -0.39 is 17.5 Å². The Kier molecular flexibility index (Phi) is 6.21. The van der Waals surface area contributed by atoms with Crippen LogP contribution in [0.5, 0.6) is 0 Å². The second-order valence-corrected chi connectivity index (χ2v) is 7.31. The highest BCUT2D eigenvalue weighted by molar-refractivity contribution is 7.99. The number of hydrogen-bond acceptors (Lipinski definition) is 8. The molecule has 4 N–H and O–H groups in total. The molecule has 0 spiro atoms. The molecule has 12 heteroatoms. The van der Waals surface area contributed by atoms with Crippen LogP contribution in [-0.4, -0.2) is 32.2 Å². The lowest BCUT2D eigenvalue weighted by Crippen LogP contribution is -2.17. The molecule has 0 aliphatic rings. The molecular formula is C16H15F2N7OS2. The molecule has 3 rings (SSSR count). The van der Waals surface area contributed by atoms with Gasteiger partial charge >= 0.3 is 0 Å². The summed E-state index contributed by atoms with van der Waals surface area (Å²) in [5, 5.41) is 16.5. The number of amides is 1. The van der Waals surface area contributed by atoms with Crippen molar-refractivity contribution in [3.63, 3.8) is 0 Å². The molecule has 0 bridgehead atoms. The Morgan fingerprint density at radius 1 is 1.36 bits per heavy atom. The Morgan fingerprint density at radius 2 is 2.18 bits per heavy atom. The Balaban J connectivity index is 1.56. The number of hydrazone groups is 1. The molecule has 0 saturated heterocycles. The van der Waals surface area contributed by atoms with Gasteiger partial charge in [0.15, 0.2) is 0 Å². The van der Waals surface area contributed by atoms with E-state index in [1.807, 2.05) is 24.4 Å². The maximum Gasteiger partial charge on any atom is 0.264 e. The lowest BCUT2D eigenvalue weighted by molar-refractivity contribution is -0.113. The highest BCUT2D eigenvalue weighted by Gasteiger charge is 2.13. The third-order valence-corrected chi connectivity index (χ3v) is 5.33. The average molecular weight is 423 g/mol. The molecule has 0 unspecified atom stereocenters. The molecule has 1 amide bonds. The SMILES string of the molecule is C/C(=N\Nc1nnc(SCC(=O)Nc2ccc(F)cc2F)n1N)c1cccs1. The number of anilines is 2. The Labute approximate surface area is 166 Å². The van der Waals surface area contributed by atoms with E-state index in [2.05, 4.69) is 26.0 Å². The molecule has 2 aromatic heterocycles. The van der Waals surface area contributed by atoms with Crippen LogP contribution < -0.4 is 16.6 Å². The highest BCUT2D eigenvalue weighted by atomic mass is 32.2. The summed E-state index contributed by atoms with van der Waals surface area (Å²) in [7, 11) is 0. The van der Waals surface area contributed by atoms with Crippen molar-refractivity contribution in [2.24, 2.45) is 5.10 Å². The number of thiophene rings is 1. The number of aromatic nitrogens is 3. The molecule has 0 saturated carbocycles. The summed E-state index contributed by atoms with van der Waals surface area (Å²) in [5.41, 5.74) is 3.37. The zero-order valence-electron chi connectivity index (χ0n) is 14.5. The van der Waals surface area contributed by atoms with Crippen molar-refractivity contribution in [2.75, 3.05) is 22.3 Å².